The molecule has 4 unspecified atom stereocenters. The standard InChI is InChI=1S/C16H24N2O3/c19-15(20)13-10-3-4-11(7-10)14(13)17-16(21)18(12-5-6-12)8-9-1-2-9/h9-14H,1-8H2,(H,17,21)(H,19,20). The van der Waals surface area contributed by atoms with Gasteiger partial charge in [0.2, 0.25) is 0 Å². The van der Waals surface area contributed by atoms with Crippen LogP contribution in [0.1, 0.15) is 44.9 Å². The lowest BCUT2D eigenvalue weighted by Crippen LogP contribution is -2.52. The number of amides is 2. The van der Waals surface area contributed by atoms with Crippen LogP contribution in [0.4, 0.5) is 4.79 Å². The molecule has 4 saturated carbocycles. The van der Waals surface area contributed by atoms with E-state index >= 15 is 0 Å². The Morgan fingerprint density at radius 1 is 1.05 bits per heavy atom. The first kappa shape index (κ1) is 13.4. The molecular formula is C16H24N2O3. The zero-order valence-corrected chi connectivity index (χ0v) is 12.3. The highest BCUT2D eigenvalue weighted by Gasteiger charge is 2.52. The number of nitrogens with zero attached hydrogens (tertiary/aromatic N) is 1. The summed E-state index contributed by atoms with van der Waals surface area (Å²) < 4.78 is 0. The molecule has 0 aromatic carbocycles. The smallest absolute Gasteiger partial charge is 0.317 e. The predicted molar refractivity (Wildman–Crippen MR) is 76.7 cm³/mol. The Bertz CT molecular complexity index is 458. The molecule has 4 atom stereocenters. The lowest BCUT2D eigenvalue weighted by molar-refractivity contribution is -0.144. The highest BCUT2D eigenvalue weighted by Crippen LogP contribution is 2.48. The lowest BCUT2D eigenvalue weighted by Gasteiger charge is -2.32. The van der Waals surface area contributed by atoms with Crippen molar-refractivity contribution in [1.29, 1.82) is 0 Å². The van der Waals surface area contributed by atoms with Crippen LogP contribution in [0.15, 0.2) is 0 Å². The third kappa shape index (κ3) is 2.51. The van der Waals surface area contributed by atoms with E-state index in [0.717, 1.165) is 38.6 Å². The van der Waals surface area contributed by atoms with E-state index in [1.807, 2.05) is 4.90 Å². The zero-order valence-electron chi connectivity index (χ0n) is 12.3. The fourth-order valence-electron chi connectivity index (χ4n) is 4.44. The minimum absolute atomic E-state index is 0.00630. The van der Waals surface area contributed by atoms with Crippen molar-refractivity contribution in [3.63, 3.8) is 0 Å². The highest BCUT2D eigenvalue weighted by atomic mass is 16.4. The molecule has 5 nitrogen and oxygen atoms in total. The van der Waals surface area contributed by atoms with Crippen molar-refractivity contribution in [3.05, 3.63) is 0 Å². The van der Waals surface area contributed by atoms with Crippen molar-refractivity contribution >= 4 is 12.0 Å². The molecule has 2 N–H and O–H groups in total. The van der Waals surface area contributed by atoms with E-state index in [2.05, 4.69) is 5.32 Å². The number of hydrogen-bond donors (Lipinski definition) is 2. The molecule has 0 aromatic rings. The first-order valence-corrected chi connectivity index (χ1v) is 8.43. The topological polar surface area (TPSA) is 69.6 Å². The van der Waals surface area contributed by atoms with Crippen LogP contribution in [0.3, 0.4) is 0 Å². The van der Waals surface area contributed by atoms with Gasteiger partial charge in [0.05, 0.1) is 5.92 Å². The molecule has 0 spiro atoms. The number of carboxylic acid groups (broad SMARTS) is 1. The van der Waals surface area contributed by atoms with Crippen LogP contribution in [0, 0.1) is 23.7 Å². The van der Waals surface area contributed by atoms with E-state index in [1.54, 1.807) is 0 Å². The monoisotopic (exact) mass is 292 g/mol. The van der Waals surface area contributed by atoms with Gasteiger partial charge in [-0.25, -0.2) is 4.79 Å². The Balaban J connectivity index is 1.43. The van der Waals surface area contributed by atoms with Gasteiger partial charge >= 0.3 is 12.0 Å². The molecule has 2 bridgehead atoms. The summed E-state index contributed by atoms with van der Waals surface area (Å²) in [4.78, 5) is 26.1. The predicted octanol–water partition coefficient (Wildman–Crippen LogP) is 2.07. The second-order valence-electron chi connectivity index (χ2n) is 7.50. The van der Waals surface area contributed by atoms with Crippen LogP contribution in [-0.4, -0.2) is 40.6 Å². The molecule has 4 aliphatic carbocycles. The minimum Gasteiger partial charge on any atom is -0.481 e. The number of carbonyl (C=O) groups excluding carboxylic acids is 1. The van der Waals surface area contributed by atoms with Gasteiger partial charge in [0.1, 0.15) is 0 Å². The third-order valence-corrected chi connectivity index (χ3v) is 5.89. The maximum atomic E-state index is 12.6. The molecule has 21 heavy (non-hydrogen) atoms. The average molecular weight is 292 g/mol. The summed E-state index contributed by atoms with van der Waals surface area (Å²) in [5.41, 5.74) is 0. The molecule has 0 aromatic heterocycles. The van der Waals surface area contributed by atoms with E-state index in [-0.39, 0.29) is 23.9 Å². The molecule has 0 radical (unpaired) electrons. The molecular weight excluding hydrogens is 268 g/mol. The number of aliphatic carboxylic acids is 1. The quantitative estimate of drug-likeness (QED) is 0.815. The zero-order chi connectivity index (χ0) is 14.6. The van der Waals surface area contributed by atoms with Gasteiger partial charge in [-0.05, 0) is 62.7 Å². The summed E-state index contributed by atoms with van der Waals surface area (Å²) in [6, 6.07) is 0.259. The fourth-order valence-corrected chi connectivity index (χ4v) is 4.44. The highest BCUT2D eigenvalue weighted by molar-refractivity contribution is 5.78. The average Bonchev–Trinajstić information content (AvgIpc) is 3.35. The molecule has 5 heteroatoms. The van der Waals surface area contributed by atoms with Gasteiger partial charge in [-0.15, -0.1) is 0 Å². The number of carbonyl (C=O) groups is 2. The summed E-state index contributed by atoms with van der Waals surface area (Å²) in [6.45, 7) is 0.870. The number of hydrogen-bond acceptors (Lipinski definition) is 2. The van der Waals surface area contributed by atoms with Crippen molar-refractivity contribution in [2.24, 2.45) is 23.7 Å². The van der Waals surface area contributed by atoms with E-state index in [1.165, 1.54) is 12.8 Å². The number of fused-ring (bicyclic) bond motifs is 2. The van der Waals surface area contributed by atoms with Gasteiger partial charge in [0.15, 0.2) is 0 Å². The van der Waals surface area contributed by atoms with Crippen LogP contribution in [0.25, 0.3) is 0 Å². The molecule has 0 aliphatic heterocycles. The van der Waals surface area contributed by atoms with Crippen molar-refractivity contribution in [2.45, 2.75) is 57.0 Å². The Hall–Kier alpha value is -1.26. The first-order valence-electron chi connectivity index (χ1n) is 8.43. The Morgan fingerprint density at radius 3 is 2.38 bits per heavy atom. The van der Waals surface area contributed by atoms with Crippen LogP contribution in [-0.2, 0) is 4.79 Å². The second-order valence-corrected chi connectivity index (χ2v) is 7.50. The Morgan fingerprint density at radius 2 is 1.76 bits per heavy atom. The van der Waals surface area contributed by atoms with Gasteiger partial charge in [0, 0.05) is 18.6 Å². The maximum Gasteiger partial charge on any atom is 0.317 e. The number of nitrogens with one attached hydrogen (secondary N) is 1. The number of carboxylic acids is 1. The molecule has 4 aliphatic rings. The Labute approximate surface area is 125 Å². The summed E-state index contributed by atoms with van der Waals surface area (Å²) in [5.74, 6) is 0.242. The molecule has 0 saturated heterocycles. The van der Waals surface area contributed by atoms with Crippen LogP contribution in [0.5, 0.6) is 0 Å². The third-order valence-electron chi connectivity index (χ3n) is 5.89. The number of rotatable bonds is 5. The van der Waals surface area contributed by atoms with Crippen molar-refractivity contribution in [3.8, 4) is 0 Å². The SMILES string of the molecule is O=C(O)C1C2CCC(C2)C1NC(=O)N(CC1CC1)C1CC1. The van der Waals surface area contributed by atoms with Crippen molar-refractivity contribution in [2.75, 3.05) is 6.54 Å². The largest absolute Gasteiger partial charge is 0.481 e. The van der Waals surface area contributed by atoms with E-state index in [4.69, 9.17) is 0 Å². The van der Waals surface area contributed by atoms with E-state index in [9.17, 15) is 14.7 Å². The molecule has 2 amide bonds. The van der Waals surface area contributed by atoms with Gasteiger partial charge in [-0.2, -0.15) is 0 Å². The Kier molecular flexibility index (Phi) is 3.12. The molecule has 0 heterocycles. The first-order chi connectivity index (χ1) is 10.1. The fraction of sp³-hybridized carbons (Fsp3) is 0.875. The number of urea groups is 1. The van der Waals surface area contributed by atoms with Crippen LogP contribution < -0.4 is 5.32 Å². The lowest BCUT2D eigenvalue weighted by atomic mass is 9.84. The van der Waals surface area contributed by atoms with Crippen LogP contribution in [0.2, 0.25) is 0 Å². The maximum absolute atomic E-state index is 12.6. The molecule has 4 fully saturated rings. The van der Waals surface area contributed by atoms with E-state index < -0.39 is 5.97 Å². The second kappa shape index (κ2) is 4.89. The summed E-state index contributed by atoms with van der Waals surface area (Å²) in [7, 11) is 0. The summed E-state index contributed by atoms with van der Waals surface area (Å²) in [6.07, 6.45) is 7.77. The van der Waals surface area contributed by atoms with Gasteiger partial charge < -0.3 is 15.3 Å². The van der Waals surface area contributed by atoms with Crippen LogP contribution >= 0.6 is 0 Å². The van der Waals surface area contributed by atoms with Crippen molar-refractivity contribution in [1.82, 2.24) is 10.2 Å². The van der Waals surface area contributed by atoms with E-state index in [0.29, 0.717) is 17.9 Å². The summed E-state index contributed by atoms with van der Waals surface area (Å²) in [5, 5.41) is 12.6. The summed E-state index contributed by atoms with van der Waals surface area (Å²) >= 11 is 0. The minimum atomic E-state index is -0.729. The van der Waals surface area contributed by atoms with Gasteiger partial charge in [-0.3, -0.25) is 4.79 Å². The normalized spacial score (nSPS) is 37.5. The van der Waals surface area contributed by atoms with Gasteiger partial charge in [0.25, 0.3) is 0 Å². The van der Waals surface area contributed by atoms with Crippen molar-refractivity contribution < 1.29 is 14.7 Å². The molecule has 116 valence electrons. The van der Waals surface area contributed by atoms with Gasteiger partial charge in [-0.1, -0.05) is 0 Å². The molecule has 4 rings (SSSR count).